The number of rotatable bonds is 5. The van der Waals surface area contributed by atoms with Crippen LogP contribution in [0.1, 0.15) is 12.8 Å². The van der Waals surface area contributed by atoms with Crippen LogP contribution in [0.25, 0.3) is 0 Å². The number of nitrogens with zero attached hydrogens (tertiary/aromatic N) is 1. The molecule has 1 aliphatic rings. The molecule has 0 spiro atoms. The lowest BCUT2D eigenvalue weighted by Crippen LogP contribution is -2.37. The van der Waals surface area contributed by atoms with Crippen LogP contribution in [0, 0.1) is 11.7 Å². The van der Waals surface area contributed by atoms with Crippen LogP contribution >= 0.6 is 11.6 Å². The van der Waals surface area contributed by atoms with Crippen molar-refractivity contribution in [2.24, 2.45) is 5.92 Å². The highest BCUT2D eigenvalue weighted by atomic mass is 35.5. The molecular formula is C15H21ClFN3O. The zero-order valence-corrected chi connectivity index (χ0v) is 12.9. The first-order valence-corrected chi connectivity index (χ1v) is 7.56. The maximum atomic E-state index is 13.6. The van der Waals surface area contributed by atoms with Crippen molar-refractivity contribution in [3.8, 4) is 0 Å². The molecule has 0 unspecified atom stereocenters. The summed E-state index contributed by atoms with van der Waals surface area (Å²) in [5.41, 5.74) is 0.166. The summed E-state index contributed by atoms with van der Waals surface area (Å²) in [6, 6.07) is 4.22. The fraction of sp³-hybridized carbons (Fsp3) is 0.533. The minimum atomic E-state index is -0.517. The van der Waals surface area contributed by atoms with Crippen LogP contribution in [-0.2, 0) is 4.79 Å². The minimum absolute atomic E-state index is 0.166. The molecule has 0 bridgehead atoms. The molecule has 0 aliphatic carbocycles. The maximum Gasteiger partial charge on any atom is 0.238 e. The van der Waals surface area contributed by atoms with Gasteiger partial charge in [-0.2, -0.15) is 0 Å². The molecule has 0 saturated carbocycles. The van der Waals surface area contributed by atoms with Crippen LogP contribution in [0.3, 0.4) is 0 Å². The Kier molecular flexibility index (Phi) is 5.96. The third-order valence-corrected chi connectivity index (χ3v) is 3.88. The molecule has 116 valence electrons. The summed E-state index contributed by atoms with van der Waals surface area (Å²) in [6.45, 7) is 3.23. The van der Waals surface area contributed by atoms with E-state index < -0.39 is 5.82 Å². The van der Waals surface area contributed by atoms with Gasteiger partial charge in [-0.15, -0.1) is 0 Å². The van der Waals surface area contributed by atoms with Gasteiger partial charge < -0.3 is 10.6 Å². The summed E-state index contributed by atoms with van der Waals surface area (Å²) < 4.78 is 13.6. The molecule has 1 fully saturated rings. The van der Waals surface area contributed by atoms with Gasteiger partial charge in [0.25, 0.3) is 0 Å². The predicted molar refractivity (Wildman–Crippen MR) is 83.1 cm³/mol. The third-order valence-electron chi connectivity index (χ3n) is 3.65. The molecular weight excluding hydrogens is 293 g/mol. The van der Waals surface area contributed by atoms with Gasteiger partial charge in [-0.1, -0.05) is 11.6 Å². The summed E-state index contributed by atoms with van der Waals surface area (Å²) in [6.07, 6.45) is 2.27. The summed E-state index contributed by atoms with van der Waals surface area (Å²) in [4.78, 5) is 13.9. The molecule has 2 rings (SSSR count). The normalized spacial score (nSPS) is 16.2. The SMILES string of the molecule is CN(CC(=O)Nc1ccc(Cl)cc1F)CC1CCNCC1. The van der Waals surface area contributed by atoms with E-state index >= 15 is 0 Å². The van der Waals surface area contributed by atoms with Gasteiger partial charge in [0.05, 0.1) is 12.2 Å². The van der Waals surface area contributed by atoms with Crippen molar-refractivity contribution >= 4 is 23.2 Å². The zero-order valence-electron chi connectivity index (χ0n) is 12.2. The van der Waals surface area contributed by atoms with Crippen molar-refractivity contribution in [3.05, 3.63) is 29.0 Å². The first-order valence-electron chi connectivity index (χ1n) is 7.19. The Bertz CT molecular complexity index is 492. The number of likely N-dealkylation sites (N-methyl/N-ethyl adjacent to an activating group) is 1. The van der Waals surface area contributed by atoms with E-state index in [1.807, 2.05) is 11.9 Å². The van der Waals surface area contributed by atoms with Gasteiger partial charge in [-0.3, -0.25) is 9.69 Å². The quantitative estimate of drug-likeness (QED) is 0.877. The molecule has 1 heterocycles. The van der Waals surface area contributed by atoms with Gasteiger partial charge in [0.1, 0.15) is 5.82 Å². The topological polar surface area (TPSA) is 44.4 Å². The Balaban J connectivity index is 1.80. The van der Waals surface area contributed by atoms with Gasteiger partial charge in [-0.05, 0) is 57.1 Å². The van der Waals surface area contributed by atoms with Crippen molar-refractivity contribution in [2.45, 2.75) is 12.8 Å². The molecule has 6 heteroatoms. The Labute approximate surface area is 129 Å². The van der Waals surface area contributed by atoms with Crippen molar-refractivity contribution in [1.29, 1.82) is 0 Å². The standard InChI is InChI=1S/C15H21ClFN3O/c1-20(9-11-4-6-18-7-5-11)10-15(21)19-14-3-2-12(16)8-13(14)17/h2-3,8,11,18H,4-7,9-10H2,1H3,(H,19,21). The number of hydrogen-bond acceptors (Lipinski definition) is 3. The zero-order chi connectivity index (χ0) is 15.2. The number of carbonyl (C=O) groups is 1. The van der Waals surface area contributed by atoms with E-state index in [9.17, 15) is 9.18 Å². The fourth-order valence-electron chi connectivity index (χ4n) is 2.60. The number of anilines is 1. The largest absolute Gasteiger partial charge is 0.322 e. The minimum Gasteiger partial charge on any atom is -0.322 e. The summed E-state index contributed by atoms with van der Waals surface area (Å²) in [5, 5.41) is 6.21. The van der Waals surface area contributed by atoms with E-state index in [1.54, 1.807) is 6.07 Å². The van der Waals surface area contributed by atoms with E-state index in [2.05, 4.69) is 10.6 Å². The average Bonchev–Trinajstić information content (AvgIpc) is 2.43. The molecule has 0 atom stereocenters. The highest BCUT2D eigenvalue weighted by Crippen LogP contribution is 2.19. The third kappa shape index (κ3) is 5.26. The van der Waals surface area contributed by atoms with Gasteiger partial charge in [-0.25, -0.2) is 4.39 Å². The highest BCUT2D eigenvalue weighted by molar-refractivity contribution is 6.30. The van der Waals surface area contributed by atoms with Crippen LogP contribution in [0.4, 0.5) is 10.1 Å². The Morgan fingerprint density at radius 1 is 1.48 bits per heavy atom. The monoisotopic (exact) mass is 313 g/mol. The van der Waals surface area contributed by atoms with Gasteiger partial charge >= 0.3 is 0 Å². The number of hydrogen-bond donors (Lipinski definition) is 2. The van der Waals surface area contributed by atoms with E-state index in [0.29, 0.717) is 10.9 Å². The summed E-state index contributed by atoms with van der Waals surface area (Å²) in [7, 11) is 1.92. The number of carbonyl (C=O) groups excluding carboxylic acids is 1. The maximum absolute atomic E-state index is 13.6. The lowest BCUT2D eigenvalue weighted by Gasteiger charge is -2.27. The van der Waals surface area contributed by atoms with E-state index in [0.717, 1.165) is 32.5 Å². The Morgan fingerprint density at radius 2 is 2.19 bits per heavy atom. The Morgan fingerprint density at radius 3 is 2.86 bits per heavy atom. The smallest absolute Gasteiger partial charge is 0.238 e. The number of benzene rings is 1. The van der Waals surface area contributed by atoms with Crippen LogP contribution in [0.15, 0.2) is 18.2 Å². The van der Waals surface area contributed by atoms with Crippen molar-refractivity contribution in [3.63, 3.8) is 0 Å². The van der Waals surface area contributed by atoms with Gasteiger partial charge in [0.2, 0.25) is 5.91 Å². The molecule has 1 aromatic rings. The molecule has 1 aromatic carbocycles. The van der Waals surface area contributed by atoms with Gasteiger partial charge in [0, 0.05) is 11.6 Å². The lowest BCUT2D eigenvalue weighted by molar-refractivity contribution is -0.117. The highest BCUT2D eigenvalue weighted by Gasteiger charge is 2.17. The predicted octanol–water partition coefficient (Wildman–Crippen LogP) is 2.35. The van der Waals surface area contributed by atoms with Crippen LogP contribution in [-0.4, -0.2) is 44.0 Å². The second-order valence-corrected chi connectivity index (χ2v) is 6.00. The molecule has 1 amide bonds. The number of piperidine rings is 1. The molecule has 1 saturated heterocycles. The number of amides is 1. The van der Waals surface area contributed by atoms with Crippen molar-refractivity contribution in [1.82, 2.24) is 10.2 Å². The van der Waals surface area contributed by atoms with Crippen molar-refractivity contribution in [2.75, 3.05) is 38.5 Å². The molecule has 2 N–H and O–H groups in total. The Hall–Kier alpha value is -1.17. The lowest BCUT2D eigenvalue weighted by atomic mass is 9.98. The van der Waals surface area contributed by atoms with Crippen LogP contribution in [0.5, 0.6) is 0 Å². The number of nitrogens with one attached hydrogen (secondary N) is 2. The summed E-state index contributed by atoms with van der Waals surface area (Å²) in [5.74, 6) is -0.110. The van der Waals surface area contributed by atoms with E-state index in [-0.39, 0.29) is 18.1 Å². The van der Waals surface area contributed by atoms with Crippen LogP contribution in [0.2, 0.25) is 5.02 Å². The van der Waals surface area contributed by atoms with E-state index in [1.165, 1.54) is 12.1 Å². The molecule has 0 radical (unpaired) electrons. The molecule has 4 nitrogen and oxygen atoms in total. The second kappa shape index (κ2) is 7.73. The molecule has 0 aromatic heterocycles. The first kappa shape index (κ1) is 16.2. The molecule has 1 aliphatic heterocycles. The van der Waals surface area contributed by atoms with Crippen molar-refractivity contribution < 1.29 is 9.18 Å². The number of halogens is 2. The summed E-state index contributed by atoms with van der Waals surface area (Å²) >= 11 is 5.68. The average molecular weight is 314 g/mol. The van der Waals surface area contributed by atoms with E-state index in [4.69, 9.17) is 11.6 Å². The first-order chi connectivity index (χ1) is 10.0. The molecule has 21 heavy (non-hydrogen) atoms. The van der Waals surface area contributed by atoms with Gasteiger partial charge in [0.15, 0.2) is 0 Å². The second-order valence-electron chi connectivity index (χ2n) is 5.56. The van der Waals surface area contributed by atoms with Crippen LogP contribution < -0.4 is 10.6 Å². The fourth-order valence-corrected chi connectivity index (χ4v) is 2.75.